The maximum Gasteiger partial charge on any atom is 2.00 e. The molecule has 0 amide bonds. The van der Waals surface area contributed by atoms with Crippen LogP contribution in [0, 0.1) is 25.0 Å². The van der Waals surface area contributed by atoms with Gasteiger partial charge in [0.15, 0.2) is 0 Å². The fourth-order valence-corrected chi connectivity index (χ4v) is 8.43. The summed E-state index contributed by atoms with van der Waals surface area (Å²) in [5.74, 6) is 3.81. The molecule has 0 unspecified atom stereocenters. The van der Waals surface area contributed by atoms with Crippen LogP contribution < -0.4 is 4.74 Å². The summed E-state index contributed by atoms with van der Waals surface area (Å²) in [4.78, 5) is 10.2. The first-order valence-electron chi connectivity index (χ1n) is 20.0. The van der Waals surface area contributed by atoms with E-state index in [4.69, 9.17) is 19.5 Å². The summed E-state index contributed by atoms with van der Waals surface area (Å²) in [6.45, 7) is 29.8. The molecule has 56 heavy (non-hydrogen) atoms. The molecule has 8 rings (SSSR count). The minimum Gasteiger partial charge on any atom is -0.518 e. The molecule has 2 aliphatic rings. The van der Waals surface area contributed by atoms with E-state index < -0.39 is 0 Å². The Morgan fingerprint density at radius 3 is 2.16 bits per heavy atom. The van der Waals surface area contributed by atoms with Crippen LogP contribution in [0.15, 0.2) is 71.9 Å². The largest absolute Gasteiger partial charge is 2.00 e. The quantitative estimate of drug-likeness (QED) is 0.150. The van der Waals surface area contributed by atoms with Crippen LogP contribution in [0.4, 0.5) is 0 Å². The van der Waals surface area contributed by atoms with Gasteiger partial charge in [-0.15, -0.1) is 23.1 Å². The summed E-state index contributed by atoms with van der Waals surface area (Å²) in [7, 11) is 0. The van der Waals surface area contributed by atoms with E-state index in [1.54, 1.807) is 0 Å². The van der Waals surface area contributed by atoms with Gasteiger partial charge in [-0.2, -0.15) is 6.07 Å². The standard InChI is InChI=1S/C50H55N3O2.Pt/c1-28(2)36-16-14-17-37(29(3)4)44(36)32-21-33(47-52-50(13,27-54-47)30(5)6)23-35(22-32)55-43-26-42-38(20-31(43)7)39-24-34(48(8,9)10)25-41-45(39)53(42)46-40(49(41,11)12)18-15-19-51-46;/h14-22,24-25,28-30H,27H2,1-13H3;/q-2;+2/t50-;/m0./s1. The number of pyridine rings is 1. The number of nitrogens with zero attached hydrogens (tertiary/aromatic N) is 3. The van der Waals surface area contributed by atoms with E-state index >= 15 is 0 Å². The van der Waals surface area contributed by atoms with E-state index in [2.05, 4.69) is 167 Å². The second-order valence-electron chi connectivity index (χ2n) is 18.6. The molecular weight excluding hydrogens is 870 g/mol. The molecule has 1 atom stereocenters. The predicted molar refractivity (Wildman–Crippen MR) is 228 cm³/mol. The number of aromatic nitrogens is 2. The maximum atomic E-state index is 6.98. The molecule has 4 aromatic carbocycles. The van der Waals surface area contributed by atoms with Gasteiger partial charge in [-0.1, -0.05) is 148 Å². The molecule has 2 aliphatic heterocycles. The van der Waals surface area contributed by atoms with Crippen LogP contribution in [0.25, 0.3) is 38.8 Å². The summed E-state index contributed by atoms with van der Waals surface area (Å²) in [6.07, 6.45) is 1.90. The summed E-state index contributed by atoms with van der Waals surface area (Å²) in [5, 5.41) is 2.37. The number of hydrogen-bond acceptors (Lipinski definition) is 4. The number of aryl methyl sites for hydroxylation is 1. The monoisotopic (exact) mass is 924 g/mol. The Kier molecular flexibility index (Phi) is 10.0. The number of fused-ring (bicyclic) bond motifs is 5. The van der Waals surface area contributed by atoms with E-state index in [0.717, 1.165) is 33.4 Å². The molecule has 0 fully saturated rings. The summed E-state index contributed by atoms with van der Waals surface area (Å²) < 4.78 is 15.6. The SMILES string of the molecule is Cc1cc2c3cc(C(C)(C)C)cc4c3n(c2[c-]c1Oc1[c-]c(C2=N[C@](C)(C(C)C)CO2)cc(-c2c(C(C)C)cccc2C(C)C)c1)-c1ncccc1C4(C)C.[Pt+2]. The second kappa shape index (κ2) is 14.0. The fourth-order valence-electron chi connectivity index (χ4n) is 8.43. The summed E-state index contributed by atoms with van der Waals surface area (Å²) in [6, 6.07) is 29.7. The molecule has 6 heteroatoms. The van der Waals surface area contributed by atoms with Gasteiger partial charge in [0, 0.05) is 34.2 Å². The number of aliphatic imine (C=N–C) groups is 1. The van der Waals surface area contributed by atoms with Gasteiger partial charge >= 0.3 is 21.1 Å². The van der Waals surface area contributed by atoms with Crippen LogP contribution in [0.5, 0.6) is 11.5 Å². The number of benzene rings is 4. The minimum atomic E-state index is -0.308. The zero-order valence-corrected chi connectivity index (χ0v) is 37.5. The van der Waals surface area contributed by atoms with Crippen LogP contribution >= 0.6 is 0 Å². The van der Waals surface area contributed by atoms with Crippen molar-refractivity contribution in [3.8, 4) is 28.4 Å². The van der Waals surface area contributed by atoms with Gasteiger partial charge in [-0.05, 0) is 69.4 Å². The van der Waals surface area contributed by atoms with Gasteiger partial charge in [-0.25, -0.2) is 4.98 Å². The van der Waals surface area contributed by atoms with Crippen molar-refractivity contribution >= 4 is 27.7 Å². The molecule has 0 radical (unpaired) electrons. The first-order chi connectivity index (χ1) is 25.9. The Labute approximate surface area is 348 Å². The van der Waals surface area contributed by atoms with Gasteiger partial charge in [0.25, 0.3) is 0 Å². The van der Waals surface area contributed by atoms with Crippen LogP contribution in [0.2, 0.25) is 0 Å². The third-order valence-corrected chi connectivity index (χ3v) is 12.3. The van der Waals surface area contributed by atoms with E-state index in [-0.39, 0.29) is 37.4 Å². The van der Waals surface area contributed by atoms with Crippen LogP contribution in [0.1, 0.15) is 134 Å². The van der Waals surface area contributed by atoms with E-state index in [1.807, 2.05) is 6.20 Å². The molecule has 2 aromatic heterocycles. The molecule has 4 heterocycles. The normalized spacial score (nSPS) is 17.4. The van der Waals surface area contributed by atoms with E-state index in [9.17, 15) is 0 Å². The minimum absolute atomic E-state index is 0. The third-order valence-electron chi connectivity index (χ3n) is 12.3. The molecule has 0 N–H and O–H groups in total. The average molecular weight is 925 g/mol. The molecule has 0 spiro atoms. The van der Waals surface area contributed by atoms with Gasteiger partial charge in [0.05, 0.1) is 5.54 Å². The number of rotatable bonds is 7. The summed E-state index contributed by atoms with van der Waals surface area (Å²) in [5.41, 5.74) is 12.1. The van der Waals surface area contributed by atoms with E-state index in [1.165, 1.54) is 44.3 Å². The van der Waals surface area contributed by atoms with Crippen LogP contribution in [0.3, 0.4) is 0 Å². The fraction of sp³-hybridized carbons (Fsp3) is 0.400. The topological polar surface area (TPSA) is 48.6 Å². The molecule has 0 saturated heterocycles. The van der Waals surface area contributed by atoms with Crippen molar-refractivity contribution in [1.82, 2.24) is 9.55 Å². The summed E-state index contributed by atoms with van der Waals surface area (Å²) >= 11 is 0. The zero-order valence-electron chi connectivity index (χ0n) is 35.3. The van der Waals surface area contributed by atoms with Crippen molar-refractivity contribution in [3.63, 3.8) is 0 Å². The molecule has 292 valence electrons. The zero-order chi connectivity index (χ0) is 39.4. The Hall–Kier alpha value is -4.21. The second-order valence-corrected chi connectivity index (χ2v) is 18.6. The molecular formula is C50H55N3O2Pt. The number of hydrogen-bond donors (Lipinski definition) is 0. The van der Waals surface area contributed by atoms with Crippen molar-refractivity contribution in [3.05, 3.63) is 118 Å². The predicted octanol–water partition coefficient (Wildman–Crippen LogP) is 12.9. The molecule has 0 saturated carbocycles. The van der Waals surface area contributed by atoms with Crippen molar-refractivity contribution in [2.45, 2.75) is 118 Å². The molecule has 0 bridgehead atoms. The van der Waals surface area contributed by atoms with Gasteiger partial charge < -0.3 is 14.0 Å². The van der Waals surface area contributed by atoms with Gasteiger partial charge in [0.1, 0.15) is 18.3 Å². The van der Waals surface area contributed by atoms with Gasteiger partial charge in [-0.3, -0.25) is 4.99 Å². The molecule has 6 aromatic rings. The molecule has 0 aliphatic carbocycles. The van der Waals surface area contributed by atoms with Crippen molar-refractivity contribution < 1.29 is 30.5 Å². The van der Waals surface area contributed by atoms with Crippen molar-refractivity contribution in [2.75, 3.05) is 6.61 Å². The maximum absolute atomic E-state index is 6.98. The first kappa shape index (κ1) is 40.0. The third kappa shape index (κ3) is 6.43. The van der Waals surface area contributed by atoms with E-state index in [0.29, 0.717) is 41.8 Å². The Morgan fingerprint density at radius 1 is 0.839 bits per heavy atom. The number of ether oxygens (including phenoxy) is 2. The van der Waals surface area contributed by atoms with Crippen LogP contribution in [-0.2, 0) is 36.6 Å². The van der Waals surface area contributed by atoms with Crippen LogP contribution in [-0.4, -0.2) is 27.6 Å². The smallest absolute Gasteiger partial charge is 0.518 e. The average Bonchev–Trinajstić information content (AvgIpc) is 3.69. The van der Waals surface area contributed by atoms with Gasteiger partial charge in [0.2, 0.25) is 0 Å². The van der Waals surface area contributed by atoms with Crippen molar-refractivity contribution in [2.24, 2.45) is 10.9 Å². The van der Waals surface area contributed by atoms with Crippen molar-refractivity contribution in [1.29, 1.82) is 0 Å². The Balaban J connectivity index is 0.00000480. The Morgan fingerprint density at radius 2 is 1.54 bits per heavy atom. The Bertz CT molecular complexity index is 2520. The first-order valence-corrected chi connectivity index (χ1v) is 20.0. The molecule has 5 nitrogen and oxygen atoms in total.